The summed E-state index contributed by atoms with van der Waals surface area (Å²) in [5.74, 6) is 0.758. The Morgan fingerprint density at radius 2 is 1.97 bits per heavy atom. The normalized spacial score (nSPS) is 16.7. The highest BCUT2D eigenvalue weighted by molar-refractivity contribution is 6.04. The number of aromatic amines is 1. The van der Waals surface area contributed by atoms with E-state index in [0.29, 0.717) is 23.4 Å². The van der Waals surface area contributed by atoms with E-state index in [-0.39, 0.29) is 5.91 Å². The van der Waals surface area contributed by atoms with E-state index < -0.39 is 18.0 Å². The maximum Gasteiger partial charge on any atom is 0.322 e. The minimum absolute atomic E-state index is 0.0777. The smallest absolute Gasteiger partial charge is 0.322 e. The molecule has 0 aliphatic carbocycles. The second-order valence-corrected chi connectivity index (χ2v) is 7.91. The van der Waals surface area contributed by atoms with Gasteiger partial charge in [0.1, 0.15) is 17.0 Å². The predicted molar refractivity (Wildman–Crippen MR) is 122 cm³/mol. The molecule has 10 nitrogen and oxygen atoms in total. The Morgan fingerprint density at radius 3 is 2.68 bits per heavy atom. The molecule has 2 aliphatic heterocycles. The molecule has 1 saturated heterocycles. The van der Waals surface area contributed by atoms with Gasteiger partial charge in [-0.3, -0.25) is 14.9 Å². The van der Waals surface area contributed by atoms with Crippen LogP contribution in [-0.4, -0.2) is 46.9 Å². The van der Waals surface area contributed by atoms with E-state index in [1.807, 2.05) is 36.7 Å². The number of furan rings is 1. The zero-order valence-electron chi connectivity index (χ0n) is 18.4. The molecule has 34 heavy (non-hydrogen) atoms. The Hall–Kier alpha value is -4.60. The number of hydrogen-bond acceptors (Lipinski definition) is 6. The third-order valence-corrected chi connectivity index (χ3v) is 5.65. The molecule has 0 spiro atoms. The van der Waals surface area contributed by atoms with Crippen LogP contribution in [0.2, 0.25) is 0 Å². The number of fused-ring (bicyclic) bond motifs is 2. The Bertz CT molecular complexity index is 1410. The van der Waals surface area contributed by atoms with Gasteiger partial charge in [0.2, 0.25) is 0 Å². The zero-order valence-corrected chi connectivity index (χ0v) is 18.4. The van der Waals surface area contributed by atoms with Crippen molar-refractivity contribution < 1.29 is 23.5 Å². The molecule has 1 unspecified atom stereocenters. The Balaban J connectivity index is 0.000000159. The van der Waals surface area contributed by atoms with Crippen LogP contribution in [-0.2, 0) is 11.3 Å². The molecule has 3 aromatic heterocycles. The van der Waals surface area contributed by atoms with Gasteiger partial charge in [-0.15, -0.1) is 0 Å². The number of carbonyl (C=O) groups excluding carboxylic acids is 3. The number of amides is 4. The van der Waals surface area contributed by atoms with Crippen LogP contribution in [0.1, 0.15) is 27.7 Å². The maximum atomic E-state index is 11.6. The van der Waals surface area contributed by atoms with E-state index in [1.54, 1.807) is 37.3 Å². The van der Waals surface area contributed by atoms with Crippen LogP contribution in [0.15, 0.2) is 59.3 Å². The van der Waals surface area contributed by atoms with Gasteiger partial charge in [0.25, 0.3) is 11.8 Å². The number of H-pyrrole nitrogens is 1. The third kappa shape index (κ3) is 3.85. The first-order valence-corrected chi connectivity index (χ1v) is 10.5. The Morgan fingerprint density at radius 1 is 1.12 bits per heavy atom. The zero-order chi connectivity index (χ0) is 23.8. The summed E-state index contributed by atoms with van der Waals surface area (Å²) in [6, 6.07) is 11.5. The molecule has 0 saturated carbocycles. The van der Waals surface area contributed by atoms with Gasteiger partial charge in [-0.1, -0.05) is 6.07 Å². The topological polar surface area (TPSA) is 130 Å². The largest absolute Gasteiger partial charge is 0.497 e. The van der Waals surface area contributed by atoms with Gasteiger partial charge in [-0.05, 0) is 35.9 Å². The first kappa shape index (κ1) is 21.3. The number of imide groups is 1. The van der Waals surface area contributed by atoms with Gasteiger partial charge in [-0.25, -0.2) is 9.78 Å². The second-order valence-electron chi connectivity index (χ2n) is 7.91. The number of aromatic nitrogens is 2. The summed E-state index contributed by atoms with van der Waals surface area (Å²) in [5, 5.41) is 4.67. The fourth-order valence-corrected chi connectivity index (χ4v) is 3.90. The minimum atomic E-state index is -0.803. The van der Waals surface area contributed by atoms with Gasteiger partial charge < -0.3 is 24.4 Å². The number of pyridine rings is 1. The molecular weight excluding hydrogens is 438 g/mol. The first-order valence-electron chi connectivity index (χ1n) is 10.5. The van der Waals surface area contributed by atoms with Crippen molar-refractivity contribution in [1.29, 1.82) is 0 Å². The first-order chi connectivity index (χ1) is 16.4. The SMILES string of the molecule is COc1ccc2c(c1)C(=O)N(C)C2.O=C1NC(=O)C(c2cc3nc(-c4cc[nH]c4)ccc3o2)N1. The second kappa shape index (κ2) is 8.39. The molecule has 1 atom stereocenters. The number of urea groups is 1. The van der Waals surface area contributed by atoms with Gasteiger partial charge in [-0.2, -0.15) is 0 Å². The molecular formula is C24H21N5O5. The van der Waals surface area contributed by atoms with Crippen molar-refractivity contribution in [3.05, 3.63) is 71.7 Å². The summed E-state index contributed by atoms with van der Waals surface area (Å²) < 4.78 is 10.6. The Kier molecular flexibility index (Phi) is 5.25. The summed E-state index contributed by atoms with van der Waals surface area (Å²) >= 11 is 0. The van der Waals surface area contributed by atoms with E-state index >= 15 is 0 Å². The van der Waals surface area contributed by atoms with E-state index in [1.165, 1.54) is 0 Å². The fourth-order valence-electron chi connectivity index (χ4n) is 3.90. The molecule has 172 valence electrons. The number of rotatable bonds is 3. The van der Waals surface area contributed by atoms with E-state index in [4.69, 9.17) is 9.15 Å². The summed E-state index contributed by atoms with van der Waals surface area (Å²) in [4.78, 5) is 43.5. The van der Waals surface area contributed by atoms with Crippen molar-refractivity contribution >= 4 is 28.9 Å². The van der Waals surface area contributed by atoms with Crippen molar-refractivity contribution in [3.8, 4) is 17.0 Å². The van der Waals surface area contributed by atoms with Gasteiger partial charge in [0, 0.05) is 43.2 Å². The lowest BCUT2D eigenvalue weighted by Gasteiger charge is -2.04. The number of methoxy groups -OCH3 is 1. The predicted octanol–water partition coefficient (Wildman–Crippen LogP) is 2.98. The summed E-state index contributed by atoms with van der Waals surface area (Å²) in [6.07, 6.45) is 3.67. The third-order valence-electron chi connectivity index (χ3n) is 5.65. The summed E-state index contributed by atoms with van der Waals surface area (Å²) in [7, 11) is 3.40. The summed E-state index contributed by atoms with van der Waals surface area (Å²) in [6.45, 7) is 0.707. The molecule has 1 aromatic carbocycles. The van der Waals surface area contributed by atoms with Crippen LogP contribution in [0.3, 0.4) is 0 Å². The maximum absolute atomic E-state index is 11.6. The number of ether oxygens (including phenoxy) is 1. The van der Waals surface area contributed by atoms with E-state index in [2.05, 4.69) is 20.6 Å². The average Bonchev–Trinajstić information content (AvgIpc) is 3.61. The lowest BCUT2D eigenvalue weighted by molar-refractivity contribution is -0.120. The highest BCUT2D eigenvalue weighted by atomic mass is 16.5. The van der Waals surface area contributed by atoms with Crippen molar-refractivity contribution in [2.24, 2.45) is 0 Å². The van der Waals surface area contributed by atoms with Gasteiger partial charge >= 0.3 is 6.03 Å². The average molecular weight is 459 g/mol. The fraction of sp³-hybridized carbons (Fsp3) is 0.167. The monoisotopic (exact) mass is 459 g/mol. The Labute approximate surface area is 193 Å². The van der Waals surface area contributed by atoms with Crippen LogP contribution >= 0.6 is 0 Å². The van der Waals surface area contributed by atoms with Crippen LogP contribution in [0.25, 0.3) is 22.4 Å². The van der Waals surface area contributed by atoms with Crippen molar-refractivity contribution in [2.45, 2.75) is 12.6 Å². The molecule has 5 heterocycles. The lowest BCUT2D eigenvalue weighted by Crippen LogP contribution is -2.22. The lowest BCUT2D eigenvalue weighted by atomic mass is 10.1. The van der Waals surface area contributed by atoms with Crippen molar-refractivity contribution in [2.75, 3.05) is 14.2 Å². The molecule has 3 N–H and O–H groups in total. The molecule has 10 heteroatoms. The quantitative estimate of drug-likeness (QED) is 0.404. The highest BCUT2D eigenvalue weighted by Crippen LogP contribution is 2.27. The van der Waals surface area contributed by atoms with E-state index in [9.17, 15) is 14.4 Å². The molecule has 0 bridgehead atoms. The molecule has 2 aliphatic rings. The highest BCUT2D eigenvalue weighted by Gasteiger charge is 2.33. The van der Waals surface area contributed by atoms with Gasteiger partial charge in [0.05, 0.1) is 12.8 Å². The van der Waals surface area contributed by atoms with Crippen LogP contribution in [0.4, 0.5) is 4.79 Å². The number of nitrogens with zero attached hydrogens (tertiary/aromatic N) is 2. The molecule has 6 rings (SSSR count). The number of nitrogens with one attached hydrogen (secondary N) is 3. The number of carbonyl (C=O) groups is 3. The van der Waals surface area contributed by atoms with Gasteiger partial charge in [0.15, 0.2) is 11.6 Å². The van der Waals surface area contributed by atoms with E-state index in [0.717, 1.165) is 28.1 Å². The molecule has 1 fully saturated rings. The number of hydrogen-bond donors (Lipinski definition) is 3. The molecule has 4 amide bonds. The molecule has 4 aromatic rings. The standard InChI is InChI=1S/C14H10N4O3.C10H11NO2/c19-13-12(17-14(20)18-13)11-5-9-10(21-11)2-1-8(16-9)7-3-4-15-6-7;1-11-6-7-3-4-8(13-2)5-9(7)10(11)12/h1-6,12,15H,(H2,17,18,19,20);3-5H,6H2,1-2H3. The number of benzene rings is 1. The van der Waals surface area contributed by atoms with Crippen LogP contribution < -0.4 is 15.4 Å². The summed E-state index contributed by atoms with van der Waals surface area (Å²) in [5.41, 5.74) is 4.81. The van der Waals surface area contributed by atoms with Crippen LogP contribution in [0, 0.1) is 0 Å². The van der Waals surface area contributed by atoms with Crippen molar-refractivity contribution in [1.82, 2.24) is 25.5 Å². The van der Waals surface area contributed by atoms with Crippen molar-refractivity contribution in [3.63, 3.8) is 0 Å². The molecule has 0 radical (unpaired) electrons. The van der Waals surface area contributed by atoms with Crippen LogP contribution in [0.5, 0.6) is 5.75 Å². The minimum Gasteiger partial charge on any atom is -0.497 e.